The topological polar surface area (TPSA) is 35.2 Å². The third kappa shape index (κ3) is 2.86. The minimum Gasteiger partial charge on any atom is -0.300 e. The van der Waals surface area contributed by atoms with Crippen LogP contribution in [0.25, 0.3) is 6.08 Å². The van der Waals surface area contributed by atoms with E-state index in [0.29, 0.717) is 6.61 Å². The van der Waals surface area contributed by atoms with E-state index in [1.54, 1.807) is 0 Å². The molecular formula is C10H13NO. The number of rotatable bonds is 3. The fourth-order valence-electron chi connectivity index (χ4n) is 1.01. The van der Waals surface area contributed by atoms with Crippen LogP contribution in [0.1, 0.15) is 11.1 Å². The first-order valence-electron chi connectivity index (χ1n) is 3.88. The molecule has 0 saturated carbocycles. The molecule has 0 radical (unpaired) electrons. The summed E-state index contributed by atoms with van der Waals surface area (Å²) in [4.78, 5) is 4.41. The van der Waals surface area contributed by atoms with Crippen LogP contribution in [0.4, 0.5) is 0 Å². The minimum absolute atomic E-state index is 0.452. The number of hydrogen-bond donors (Lipinski definition) is 1. The van der Waals surface area contributed by atoms with Gasteiger partial charge in [-0.2, -0.15) is 0 Å². The van der Waals surface area contributed by atoms with Gasteiger partial charge in [-0.1, -0.05) is 42.0 Å². The highest BCUT2D eigenvalue weighted by Gasteiger charge is 1.85. The molecule has 0 aliphatic carbocycles. The van der Waals surface area contributed by atoms with Crippen molar-refractivity contribution in [3.63, 3.8) is 0 Å². The van der Waals surface area contributed by atoms with Gasteiger partial charge in [0, 0.05) is 0 Å². The maximum Gasteiger partial charge on any atom is 0.0864 e. The molecule has 0 aromatic heterocycles. The number of aryl methyl sites for hydroxylation is 1. The quantitative estimate of drug-likeness (QED) is 0.691. The van der Waals surface area contributed by atoms with Crippen LogP contribution in [-0.4, -0.2) is 6.61 Å². The lowest BCUT2D eigenvalue weighted by Crippen LogP contribution is -1.96. The van der Waals surface area contributed by atoms with Gasteiger partial charge in [0.15, 0.2) is 0 Å². The van der Waals surface area contributed by atoms with Crippen molar-refractivity contribution in [2.75, 3.05) is 6.61 Å². The minimum atomic E-state index is 0.452. The van der Waals surface area contributed by atoms with Crippen molar-refractivity contribution in [2.45, 2.75) is 6.92 Å². The molecule has 0 spiro atoms. The molecule has 1 aromatic rings. The van der Waals surface area contributed by atoms with Gasteiger partial charge >= 0.3 is 0 Å². The van der Waals surface area contributed by atoms with Crippen LogP contribution < -0.4 is 5.90 Å². The van der Waals surface area contributed by atoms with E-state index in [0.717, 1.165) is 0 Å². The Morgan fingerprint density at radius 2 is 2.33 bits per heavy atom. The molecule has 2 heteroatoms. The summed E-state index contributed by atoms with van der Waals surface area (Å²) in [6.07, 6.45) is 3.87. The van der Waals surface area contributed by atoms with Crippen LogP contribution in [0.3, 0.4) is 0 Å². The van der Waals surface area contributed by atoms with E-state index in [-0.39, 0.29) is 0 Å². The zero-order chi connectivity index (χ0) is 8.81. The third-order valence-corrected chi connectivity index (χ3v) is 1.54. The van der Waals surface area contributed by atoms with Gasteiger partial charge < -0.3 is 4.84 Å². The second-order valence-electron chi connectivity index (χ2n) is 2.65. The second kappa shape index (κ2) is 4.70. The van der Waals surface area contributed by atoms with Crippen LogP contribution in [0, 0.1) is 6.92 Å². The number of benzene rings is 1. The summed E-state index contributed by atoms with van der Waals surface area (Å²) >= 11 is 0. The zero-order valence-corrected chi connectivity index (χ0v) is 7.16. The number of nitrogens with two attached hydrogens (primary N) is 1. The van der Waals surface area contributed by atoms with Gasteiger partial charge in [-0.3, -0.25) is 0 Å². The van der Waals surface area contributed by atoms with Crippen molar-refractivity contribution in [3.8, 4) is 0 Å². The van der Waals surface area contributed by atoms with Crippen molar-refractivity contribution in [2.24, 2.45) is 5.90 Å². The molecule has 1 rings (SSSR count). The average molecular weight is 163 g/mol. The standard InChI is InChI=1S/C10H13NO/c1-9-4-2-5-10(8-9)6-3-7-12-11/h2-6,8H,7,11H2,1H3. The summed E-state index contributed by atoms with van der Waals surface area (Å²) in [6, 6.07) is 8.24. The Balaban J connectivity index is 2.63. The summed E-state index contributed by atoms with van der Waals surface area (Å²) < 4.78 is 0. The summed E-state index contributed by atoms with van der Waals surface area (Å²) in [5, 5.41) is 0. The average Bonchev–Trinajstić information content (AvgIpc) is 2.05. The highest BCUT2D eigenvalue weighted by molar-refractivity contribution is 5.50. The van der Waals surface area contributed by atoms with E-state index >= 15 is 0 Å². The van der Waals surface area contributed by atoms with Crippen molar-refractivity contribution in [1.29, 1.82) is 0 Å². The Morgan fingerprint density at radius 1 is 1.50 bits per heavy atom. The summed E-state index contributed by atoms with van der Waals surface area (Å²) in [5.74, 6) is 4.87. The van der Waals surface area contributed by atoms with E-state index in [1.165, 1.54) is 11.1 Å². The Labute approximate surface area is 72.6 Å². The van der Waals surface area contributed by atoms with E-state index in [4.69, 9.17) is 5.90 Å². The van der Waals surface area contributed by atoms with Gasteiger partial charge in [0.1, 0.15) is 0 Å². The first kappa shape index (κ1) is 8.97. The van der Waals surface area contributed by atoms with Crippen molar-refractivity contribution < 1.29 is 4.84 Å². The molecule has 0 aliphatic heterocycles. The van der Waals surface area contributed by atoms with Gasteiger partial charge in [0.2, 0.25) is 0 Å². The molecule has 0 atom stereocenters. The molecule has 2 N–H and O–H groups in total. The van der Waals surface area contributed by atoms with Crippen molar-refractivity contribution in [3.05, 3.63) is 41.5 Å². The predicted molar refractivity (Wildman–Crippen MR) is 50.4 cm³/mol. The summed E-state index contributed by atoms with van der Waals surface area (Å²) in [7, 11) is 0. The molecule has 12 heavy (non-hydrogen) atoms. The lowest BCUT2D eigenvalue weighted by molar-refractivity contribution is 0.168. The maximum absolute atomic E-state index is 4.87. The molecular weight excluding hydrogens is 150 g/mol. The monoisotopic (exact) mass is 163 g/mol. The van der Waals surface area contributed by atoms with Crippen LogP contribution in [0.15, 0.2) is 30.3 Å². The van der Waals surface area contributed by atoms with Gasteiger partial charge in [0.05, 0.1) is 6.61 Å². The van der Waals surface area contributed by atoms with E-state index in [1.807, 2.05) is 24.3 Å². The molecule has 0 saturated heterocycles. The van der Waals surface area contributed by atoms with E-state index in [2.05, 4.69) is 23.9 Å². The molecule has 0 heterocycles. The predicted octanol–water partition coefficient (Wildman–Crippen LogP) is 1.90. The molecule has 1 aromatic carbocycles. The molecule has 2 nitrogen and oxygen atoms in total. The van der Waals surface area contributed by atoms with Crippen LogP contribution in [0.5, 0.6) is 0 Å². The van der Waals surface area contributed by atoms with E-state index in [9.17, 15) is 0 Å². The second-order valence-corrected chi connectivity index (χ2v) is 2.65. The SMILES string of the molecule is Cc1cccc(C=CCON)c1. The summed E-state index contributed by atoms with van der Waals surface area (Å²) in [5.41, 5.74) is 2.43. The Bertz CT molecular complexity index is 268. The highest BCUT2D eigenvalue weighted by atomic mass is 16.6. The molecule has 0 amide bonds. The molecule has 0 aliphatic rings. The maximum atomic E-state index is 4.87. The summed E-state index contributed by atoms with van der Waals surface area (Å²) in [6.45, 7) is 2.52. The Kier molecular flexibility index (Phi) is 3.51. The van der Waals surface area contributed by atoms with Gasteiger partial charge in [0.25, 0.3) is 0 Å². The van der Waals surface area contributed by atoms with Crippen molar-refractivity contribution >= 4 is 6.08 Å². The smallest absolute Gasteiger partial charge is 0.0864 e. The third-order valence-electron chi connectivity index (χ3n) is 1.54. The first-order chi connectivity index (χ1) is 5.83. The van der Waals surface area contributed by atoms with Crippen LogP contribution in [-0.2, 0) is 4.84 Å². The normalized spacial score (nSPS) is 10.8. The molecule has 0 unspecified atom stereocenters. The Hall–Kier alpha value is -1.12. The lowest BCUT2D eigenvalue weighted by atomic mass is 10.1. The number of hydrogen-bond acceptors (Lipinski definition) is 2. The van der Waals surface area contributed by atoms with Gasteiger partial charge in [-0.05, 0) is 12.5 Å². The van der Waals surface area contributed by atoms with Crippen molar-refractivity contribution in [1.82, 2.24) is 0 Å². The Morgan fingerprint density at radius 3 is 3.00 bits per heavy atom. The molecule has 64 valence electrons. The first-order valence-corrected chi connectivity index (χ1v) is 3.88. The zero-order valence-electron chi connectivity index (χ0n) is 7.16. The van der Waals surface area contributed by atoms with Gasteiger partial charge in [-0.15, -0.1) is 0 Å². The largest absolute Gasteiger partial charge is 0.300 e. The molecule has 0 fully saturated rings. The van der Waals surface area contributed by atoms with Crippen LogP contribution >= 0.6 is 0 Å². The molecule has 0 bridgehead atoms. The van der Waals surface area contributed by atoms with Gasteiger partial charge in [-0.25, -0.2) is 5.90 Å². The highest BCUT2D eigenvalue weighted by Crippen LogP contribution is 2.05. The fraction of sp³-hybridized carbons (Fsp3) is 0.200. The lowest BCUT2D eigenvalue weighted by Gasteiger charge is -1.94. The van der Waals surface area contributed by atoms with E-state index < -0.39 is 0 Å². The van der Waals surface area contributed by atoms with Crippen LogP contribution in [0.2, 0.25) is 0 Å². The fourth-order valence-corrected chi connectivity index (χ4v) is 1.01.